The van der Waals surface area contributed by atoms with Gasteiger partial charge in [0.2, 0.25) is 17.6 Å². The molecule has 138 valence electrons. The highest BCUT2D eigenvalue weighted by Crippen LogP contribution is 2.35. The van der Waals surface area contributed by atoms with Crippen molar-refractivity contribution in [2.24, 2.45) is 0 Å². The number of hydrogen-bond acceptors (Lipinski definition) is 4. The van der Waals surface area contributed by atoms with E-state index < -0.39 is 17.7 Å². The van der Waals surface area contributed by atoms with Crippen molar-refractivity contribution in [3.63, 3.8) is 0 Å². The third kappa shape index (κ3) is 3.42. The van der Waals surface area contributed by atoms with Crippen LogP contribution in [0.4, 0.5) is 8.78 Å². The molecule has 1 atom stereocenters. The quantitative estimate of drug-likeness (QED) is 0.657. The van der Waals surface area contributed by atoms with Gasteiger partial charge in [-0.3, -0.25) is 4.79 Å². The number of benzene rings is 2. The molecule has 1 amide bonds. The first-order valence-corrected chi connectivity index (χ1v) is 8.72. The predicted molar refractivity (Wildman–Crippen MR) is 93.6 cm³/mol. The van der Waals surface area contributed by atoms with Crippen LogP contribution in [0.2, 0.25) is 5.02 Å². The lowest BCUT2D eigenvalue weighted by molar-refractivity contribution is -0.130. The molecule has 8 heteroatoms. The fraction of sp³-hybridized carbons (Fsp3) is 0.211. The molecule has 1 unspecified atom stereocenters. The van der Waals surface area contributed by atoms with Gasteiger partial charge in [-0.15, -0.1) is 0 Å². The number of rotatable bonds is 4. The minimum atomic E-state index is -0.696. The summed E-state index contributed by atoms with van der Waals surface area (Å²) in [7, 11) is 0. The van der Waals surface area contributed by atoms with E-state index in [1.54, 1.807) is 24.3 Å². The Morgan fingerprint density at radius 3 is 2.67 bits per heavy atom. The van der Waals surface area contributed by atoms with Crippen LogP contribution in [-0.4, -0.2) is 20.9 Å². The summed E-state index contributed by atoms with van der Waals surface area (Å²) >= 11 is 5.98. The van der Waals surface area contributed by atoms with Crippen LogP contribution in [0.15, 0.2) is 47.0 Å². The third-order valence-electron chi connectivity index (χ3n) is 4.53. The van der Waals surface area contributed by atoms with Gasteiger partial charge in [-0.25, -0.2) is 8.78 Å². The normalized spacial score (nSPS) is 16.9. The SMILES string of the molecule is O=C1CCC(c2nc(-c3cccc(Cl)c3)no2)N1Cc1c(F)cccc1F. The maximum absolute atomic E-state index is 14.0. The molecule has 1 aromatic heterocycles. The summed E-state index contributed by atoms with van der Waals surface area (Å²) in [5, 5.41) is 4.48. The maximum Gasteiger partial charge on any atom is 0.249 e. The van der Waals surface area contributed by atoms with Crippen molar-refractivity contribution in [1.82, 2.24) is 15.0 Å². The number of amides is 1. The van der Waals surface area contributed by atoms with E-state index in [0.29, 0.717) is 22.8 Å². The Kier molecular flexibility index (Phi) is 4.61. The van der Waals surface area contributed by atoms with Crippen molar-refractivity contribution < 1.29 is 18.1 Å². The zero-order valence-electron chi connectivity index (χ0n) is 14.0. The molecule has 0 bridgehead atoms. The van der Waals surface area contributed by atoms with Gasteiger partial charge in [0, 0.05) is 22.6 Å². The predicted octanol–water partition coefficient (Wildman–Crippen LogP) is 4.53. The maximum atomic E-state index is 14.0. The van der Waals surface area contributed by atoms with Gasteiger partial charge in [-0.1, -0.05) is 35.0 Å². The Balaban J connectivity index is 1.62. The van der Waals surface area contributed by atoms with Gasteiger partial charge in [-0.05, 0) is 30.7 Å². The average Bonchev–Trinajstić information content (AvgIpc) is 3.25. The molecule has 1 saturated heterocycles. The smallest absolute Gasteiger partial charge is 0.249 e. The van der Waals surface area contributed by atoms with Crippen molar-refractivity contribution >= 4 is 17.5 Å². The highest BCUT2D eigenvalue weighted by Gasteiger charge is 2.36. The molecule has 1 aliphatic heterocycles. The second-order valence-corrected chi connectivity index (χ2v) is 6.68. The molecule has 2 heterocycles. The topological polar surface area (TPSA) is 59.2 Å². The molecule has 5 nitrogen and oxygen atoms in total. The van der Waals surface area contributed by atoms with E-state index in [9.17, 15) is 13.6 Å². The second-order valence-electron chi connectivity index (χ2n) is 6.24. The molecule has 27 heavy (non-hydrogen) atoms. The van der Waals surface area contributed by atoms with Gasteiger partial charge in [0.25, 0.3) is 0 Å². The summed E-state index contributed by atoms with van der Waals surface area (Å²) < 4.78 is 33.3. The van der Waals surface area contributed by atoms with E-state index in [1.165, 1.54) is 11.0 Å². The third-order valence-corrected chi connectivity index (χ3v) is 4.76. The summed E-state index contributed by atoms with van der Waals surface area (Å²) in [5.74, 6) is -1.04. The largest absolute Gasteiger partial charge is 0.337 e. The second kappa shape index (κ2) is 7.08. The molecule has 0 aliphatic carbocycles. The van der Waals surface area contributed by atoms with Crippen LogP contribution in [0.25, 0.3) is 11.4 Å². The molecular formula is C19H14ClF2N3O2. The summed E-state index contributed by atoms with van der Waals surface area (Å²) in [6.07, 6.45) is 0.682. The molecule has 1 aliphatic rings. The lowest BCUT2D eigenvalue weighted by Gasteiger charge is -2.22. The van der Waals surface area contributed by atoms with Crippen LogP contribution in [0.3, 0.4) is 0 Å². The number of carbonyl (C=O) groups excluding carboxylic acids is 1. The Hall–Kier alpha value is -2.80. The fourth-order valence-electron chi connectivity index (χ4n) is 3.16. The lowest BCUT2D eigenvalue weighted by atomic mass is 10.1. The minimum absolute atomic E-state index is 0.160. The first-order valence-electron chi connectivity index (χ1n) is 8.35. The summed E-state index contributed by atoms with van der Waals surface area (Å²) in [4.78, 5) is 18.0. The van der Waals surface area contributed by atoms with E-state index >= 15 is 0 Å². The Labute approximate surface area is 158 Å². The summed E-state index contributed by atoms with van der Waals surface area (Å²) in [6, 6.07) is 10.1. The van der Waals surface area contributed by atoms with E-state index in [0.717, 1.165) is 12.1 Å². The number of carbonyl (C=O) groups is 1. The molecule has 0 radical (unpaired) electrons. The first kappa shape index (κ1) is 17.6. The lowest BCUT2D eigenvalue weighted by Crippen LogP contribution is -2.28. The van der Waals surface area contributed by atoms with Crippen LogP contribution in [-0.2, 0) is 11.3 Å². The van der Waals surface area contributed by atoms with E-state index in [1.807, 2.05) is 0 Å². The number of aromatic nitrogens is 2. The monoisotopic (exact) mass is 389 g/mol. The zero-order valence-corrected chi connectivity index (χ0v) is 14.8. The number of halogens is 3. The van der Waals surface area contributed by atoms with Crippen molar-refractivity contribution in [2.45, 2.75) is 25.4 Å². The average molecular weight is 390 g/mol. The van der Waals surface area contributed by atoms with Gasteiger partial charge in [0.15, 0.2) is 0 Å². The van der Waals surface area contributed by atoms with Crippen LogP contribution >= 0.6 is 11.6 Å². The van der Waals surface area contributed by atoms with Crippen molar-refractivity contribution in [3.05, 3.63) is 70.6 Å². The Bertz CT molecular complexity index is 988. The molecule has 0 saturated carbocycles. The summed E-state index contributed by atoms with van der Waals surface area (Å²) in [5.41, 5.74) is 0.515. The van der Waals surface area contributed by atoms with Crippen molar-refractivity contribution in [3.8, 4) is 11.4 Å². The molecule has 0 N–H and O–H groups in total. The highest BCUT2D eigenvalue weighted by atomic mass is 35.5. The summed E-state index contributed by atoms with van der Waals surface area (Å²) in [6.45, 7) is -0.198. The van der Waals surface area contributed by atoms with Gasteiger partial charge >= 0.3 is 0 Å². The Morgan fingerprint density at radius 2 is 1.93 bits per heavy atom. The molecular weight excluding hydrogens is 376 g/mol. The molecule has 3 aromatic rings. The van der Waals surface area contributed by atoms with E-state index in [4.69, 9.17) is 16.1 Å². The van der Waals surface area contributed by atoms with E-state index in [-0.39, 0.29) is 30.3 Å². The van der Waals surface area contributed by atoms with Gasteiger partial charge in [0.05, 0.1) is 6.54 Å². The number of nitrogens with zero attached hydrogens (tertiary/aromatic N) is 3. The van der Waals surface area contributed by atoms with Crippen LogP contribution in [0.5, 0.6) is 0 Å². The van der Waals surface area contributed by atoms with Crippen LogP contribution < -0.4 is 0 Å². The van der Waals surface area contributed by atoms with Crippen LogP contribution in [0.1, 0.15) is 30.3 Å². The molecule has 4 rings (SSSR count). The standard InChI is InChI=1S/C19H14ClF2N3O2/c20-12-4-1-3-11(9-12)18-23-19(27-24-18)16-7-8-17(26)25(16)10-13-14(21)5-2-6-15(13)22/h1-6,9,16H,7-8,10H2. The molecule has 0 spiro atoms. The Morgan fingerprint density at radius 1 is 1.19 bits per heavy atom. The molecule has 2 aromatic carbocycles. The first-order chi connectivity index (χ1) is 13.0. The zero-order chi connectivity index (χ0) is 19.0. The van der Waals surface area contributed by atoms with Crippen molar-refractivity contribution in [2.75, 3.05) is 0 Å². The molecule has 1 fully saturated rings. The van der Waals surface area contributed by atoms with E-state index in [2.05, 4.69) is 10.1 Å². The number of hydrogen-bond donors (Lipinski definition) is 0. The minimum Gasteiger partial charge on any atom is -0.337 e. The fourth-order valence-corrected chi connectivity index (χ4v) is 3.35. The van der Waals surface area contributed by atoms with Gasteiger partial charge in [0.1, 0.15) is 17.7 Å². The van der Waals surface area contributed by atoms with Crippen molar-refractivity contribution in [1.29, 1.82) is 0 Å². The number of likely N-dealkylation sites (tertiary alicyclic amines) is 1. The highest BCUT2D eigenvalue weighted by molar-refractivity contribution is 6.30. The van der Waals surface area contributed by atoms with Gasteiger partial charge < -0.3 is 9.42 Å². The van der Waals surface area contributed by atoms with Gasteiger partial charge in [-0.2, -0.15) is 4.98 Å². The van der Waals surface area contributed by atoms with Crippen LogP contribution in [0, 0.1) is 11.6 Å².